The zero-order chi connectivity index (χ0) is 16.5. The van der Waals surface area contributed by atoms with Gasteiger partial charge in [0, 0.05) is 18.3 Å². The molecule has 0 fully saturated rings. The molecule has 7 nitrogen and oxygen atoms in total. The number of ether oxygens (including phenoxy) is 1. The van der Waals surface area contributed by atoms with Crippen LogP contribution in [0.5, 0.6) is 0 Å². The van der Waals surface area contributed by atoms with Crippen LogP contribution in [0.2, 0.25) is 0 Å². The van der Waals surface area contributed by atoms with Crippen LogP contribution >= 0.6 is 0 Å². The lowest BCUT2D eigenvalue weighted by Gasteiger charge is -2.05. The Balaban J connectivity index is 1.62. The summed E-state index contributed by atoms with van der Waals surface area (Å²) in [7, 11) is 1.81. The van der Waals surface area contributed by atoms with Gasteiger partial charge in [0.25, 0.3) is 0 Å². The second-order valence-corrected chi connectivity index (χ2v) is 5.81. The van der Waals surface area contributed by atoms with Crippen LogP contribution < -0.4 is 0 Å². The Kier molecular flexibility index (Phi) is 3.60. The maximum Gasteiger partial charge on any atom is 0.359 e. The molecule has 1 aromatic carbocycles. The third-order valence-electron chi connectivity index (χ3n) is 4.26. The third-order valence-corrected chi connectivity index (χ3v) is 4.26. The summed E-state index contributed by atoms with van der Waals surface area (Å²) in [6.07, 6.45) is 4.39. The summed E-state index contributed by atoms with van der Waals surface area (Å²) in [6.45, 7) is 0.0856. The molecule has 0 unspecified atom stereocenters. The van der Waals surface area contributed by atoms with E-state index in [1.165, 1.54) is 0 Å². The minimum atomic E-state index is -0.411. The number of para-hydroxylation sites is 1. The number of carbonyl (C=O) groups excluding carboxylic acids is 1. The third kappa shape index (κ3) is 2.47. The van der Waals surface area contributed by atoms with Crippen molar-refractivity contribution in [2.75, 3.05) is 0 Å². The van der Waals surface area contributed by atoms with Crippen LogP contribution in [0.15, 0.2) is 36.7 Å². The number of nitrogens with zero attached hydrogens (tertiary/aromatic N) is 5. The first-order valence-corrected chi connectivity index (χ1v) is 7.90. The Bertz CT molecular complexity index is 882. The van der Waals surface area contributed by atoms with Gasteiger partial charge in [-0.25, -0.2) is 9.48 Å². The van der Waals surface area contributed by atoms with Gasteiger partial charge in [-0.05, 0) is 31.4 Å². The van der Waals surface area contributed by atoms with Crippen LogP contribution in [0.25, 0.3) is 5.69 Å². The Morgan fingerprint density at radius 1 is 1.25 bits per heavy atom. The number of hydrogen-bond donors (Lipinski definition) is 0. The fourth-order valence-electron chi connectivity index (χ4n) is 3.02. The molecule has 0 N–H and O–H groups in total. The lowest BCUT2D eigenvalue weighted by atomic mass is 10.2. The van der Waals surface area contributed by atoms with Crippen molar-refractivity contribution in [3.63, 3.8) is 0 Å². The molecule has 0 atom stereocenters. The number of rotatable bonds is 4. The van der Waals surface area contributed by atoms with Crippen molar-refractivity contribution in [1.29, 1.82) is 0 Å². The van der Waals surface area contributed by atoms with Crippen molar-refractivity contribution in [2.24, 2.45) is 7.05 Å². The van der Waals surface area contributed by atoms with E-state index in [1.54, 1.807) is 10.9 Å². The number of carbonyl (C=O) groups is 1. The minimum absolute atomic E-state index is 0.0856. The molecule has 4 rings (SSSR count). The van der Waals surface area contributed by atoms with E-state index in [0.29, 0.717) is 11.5 Å². The van der Waals surface area contributed by atoms with E-state index < -0.39 is 5.97 Å². The van der Waals surface area contributed by atoms with Crippen LogP contribution in [-0.4, -0.2) is 30.5 Å². The SMILES string of the molecule is Cn1cnnc1COC(=O)c1nn(-c2ccccc2)c2c1CCC2. The summed E-state index contributed by atoms with van der Waals surface area (Å²) < 4.78 is 8.97. The van der Waals surface area contributed by atoms with E-state index in [9.17, 15) is 4.79 Å². The van der Waals surface area contributed by atoms with Crippen LogP contribution in [0.3, 0.4) is 0 Å². The maximum absolute atomic E-state index is 12.5. The Hall–Kier alpha value is -2.96. The zero-order valence-electron chi connectivity index (χ0n) is 13.3. The highest BCUT2D eigenvalue weighted by Gasteiger charge is 2.28. The van der Waals surface area contributed by atoms with Crippen molar-refractivity contribution >= 4 is 5.97 Å². The minimum Gasteiger partial charge on any atom is -0.453 e. The molecule has 2 heterocycles. The van der Waals surface area contributed by atoms with Gasteiger partial charge in [0.1, 0.15) is 6.33 Å². The fraction of sp³-hybridized carbons (Fsp3) is 0.294. The summed E-state index contributed by atoms with van der Waals surface area (Å²) in [5.74, 6) is 0.188. The lowest BCUT2D eigenvalue weighted by Crippen LogP contribution is -2.11. The van der Waals surface area contributed by atoms with E-state index in [2.05, 4.69) is 15.3 Å². The fourth-order valence-corrected chi connectivity index (χ4v) is 3.02. The number of esters is 1. The molecule has 1 aliphatic carbocycles. The molecule has 24 heavy (non-hydrogen) atoms. The van der Waals surface area contributed by atoms with Gasteiger partial charge in [-0.2, -0.15) is 5.10 Å². The molecule has 0 bridgehead atoms. The van der Waals surface area contributed by atoms with Crippen LogP contribution in [0.4, 0.5) is 0 Å². The lowest BCUT2D eigenvalue weighted by molar-refractivity contribution is 0.0450. The average molecular weight is 323 g/mol. The van der Waals surface area contributed by atoms with Crippen LogP contribution in [0.1, 0.15) is 34.0 Å². The monoisotopic (exact) mass is 323 g/mol. The standard InChI is InChI=1S/C17H17N5O2/c1-21-11-18-19-15(21)10-24-17(23)16-13-8-5-9-14(13)22(20-16)12-6-3-2-4-7-12/h2-4,6-7,11H,5,8-10H2,1H3. The largest absolute Gasteiger partial charge is 0.453 e. The summed E-state index contributed by atoms with van der Waals surface area (Å²) >= 11 is 0. The number of aromatic nitrogens is 5. The summed E-state index contributed by atoms with van der Waals surface area (Å²) in [5, 5.41) is 12.2. The second kappa shape index (κ2) is 5.92. The smallest absolute Gasteiger partial charge is 0.359 e. The normalized spacial score (nSPS) is 13.0. The van der Waals surface area contributed by atoms with Crippen molar-refractivity contribution in [3.05, 3.63) is 59.4 Å². The van der Waals surface area contributed by atoms with E-state index >= 15 is 0 Å². The molecule has 0 amide bonds. The molecule has 3 aromatic rings. The van der Waals surface area contributed by atoms with Gasteiger partial charge >= 0.3 is 5.97 Å². The van der Waals surface area contributed by atoms with Gasteiger partial charge in [0.05, 0.1) is 5.69 Å². The maximum atomic E-state index is 12.5. The number of fused-ring (bicyclic) bond motifs is 1. The molecule has 0 saturated carbocycles. The highest BCUT2D eigenvalue weighted by atomic mass is 16.5. The number of aryl methyl sites for hydroxylation is 1. The first kappa shape index (κ1) is 14.6. The van der Waals surface area contributed by atoms with Crippen molar-refractivity contribution < 1.29 is 9.53 Å². The Morgan fingerprint density at radius 3 is 2.83 bits per heavy atom. The molecule has 1 aliphatic rings. The average Bonchev–Trinajstić information content (AvgIpc) is 3.30. The summed E-state index contributed by atoms with van der Waals surface area (Å²) in [4.78, 5) is 12.5. The van der Waals surface area contributed by atoms with Crippen LogP contribution in [0, 0.1) is 0 Å². The topological polar surface area (TPSA) is 74.8 Å². The second-order valence-electron chi connectivity index (χ2n) is 5.81. The summed E-state index contributed by atoms with van der Waals surface area (Å²) in [5.41, 5.74) is 3.48. The number of benzene rings is 1. The van der Waals surface area contributed by atoms with Gasteiger partial charge < -0.3 is 9.30 Å². The molecule has 0 aliphatic heterocycles. The molecular weight excluding hydrogens is 306 g/mol. The van der Waals surface area contributed by atoms with Gasteiger partial charge in [-0.3, -0.25) is 0 Å². The van der Waals surface area contributed by atoms with Gasteiger partial charge in [-0.15, -0.1) is 10.2 Å². The van der Waals surface area contributed by atoms with E-state index in [-0.39, 0.29) is 6.61 Å². The molecule has 7 heteroatoms. The molecule has 2 aromatic heterocycles. The zero-order valence-corrected chi connectivity index (χ0v) is 13.3. The van der Waals surface area contributed by atoms with Gasteiger partial charge in [0.2, 0.25) is 0 Å². The molecule has 0 spiro atoms. The van der Waals surface area contributed by atoms with Crippen molar-refractivity contribution in [3.8, 4) is 5.69 Å². The molecular formula is C17H17N5O2. The van der Waals surface area contributed by atoms with Crippen LogP contribution in [-0.2, 0) is 31.2 Å². The Labute approximate surface area is 138 Å². The number of hydrogen-bond acceptors (Lipinski definition) is 5. The molecule has 0 saturated heterocycles. The molecule has 0 radical (unpaired) electrons. The Morgan fingerprint density at radius 2 is 2.08 bits per heavy atom. The van der Waals surface area contributed by atoms with E-state index in [4.69, 9.17) is 4.74 Å². The first-order chi connectivity index (χ1) is 11.7. The highest BCUT2D eigenvalue weighted by molar-refractivity contribution is 5.89. The first-order valence-electron chi connectivity index (χ1n) is 7.90. The predicted octanol–water partition coefficient (Wildman–Crippen LogP) is 1.85. The summed E-state index contributed by atoms with van der Waals surface area (Å²) in [6, 6.07) is 9.86. The van der Waals surface area contributed by atoms with Gasteiger partial charge in [-0.1, -0.05) is 18.2 Å². The van der Waals surface area contributed by atoms with E-state index in [1.807, 2.05) is 42.1 Å². The quantitative estimate of drug-likeness (QED) is 0.685. The van der Waals surface area contributed by atoms with Crippen molar-refractivity contribution in [1.82, 2.24) is 24.5 Å². The van der Waals surface area contributed by atoms with Crippen molar-refractivity contribution in [2.45, 2.75) is 25.9 Å². The highest BCUT2D eigenvalue weighted by Crippen LogP contribution is 2.28. The van der Waals surface area contributed by atoms with Gasteiger partial charge in [0.15, 0.2) is 18.1 Å². The molecule has 122 valence electrons. The van der Waals surface area contributed by atoms with E-state index in [0.717, 1.165) is 36.2 Å². The predicted molar refractivity (Wildman–Crippen MR) is 85.7 cm³/mol.